The number of benzene rings is 1. The molecule has 0 aliphatic carbocycles. The van der Waals surface area contributed by atoms with Gasteiger partial charge in [0.15, 0.2) is 0 Å². The number of nitrogens with zero attached hydrogens (tertiary/aromatic N) is 2. The predicted octanol–water partition coefficient (Wildman–Crippen LogP) is 3.23. The van der Waals surface area contributed by atoms with Gasteiger partial charge in [-0.2, -0.15) is 5.10 Å². The molecule has 17 heavy (non-hydrogen) atoms. The monoisotopic (exact) mass is 225 g/mol. The molecular weight excluding hydrogens is 210 g/mol. The zero-order chi connectivity index (χ0) is 12.1. The van der Waals surface area contributed by atoms with Gasteiger partial charge in [-0.05, 0) is 38.1 Å². The van der Waals surface area contributed by atoms with Crippen molar-refractivity contribution in [3.63, 3.8) is 0 Å². The van der Waals surface area contributed by atoms with Crippen molar-refractivity contribution in [3.05, 3.63) is 59.9 Å². The number of hydrogen-bond donors (Lipinski definition) is 1. The van der Waals surface area contributed by atoms with E-state index in [0.29, 0.717) is 0 Å². The van der Waals surface area contributed by atoms with Crippen LogP contribution in [0.25, 0.3) is 0 Å². The Morgan fingerprint density at radius 3 is 2.53 bits per heavy atom. The van der Waals surface area contributed by atoms with Crippen molar-refractivity contribution in [1.82, 2.24) is 4.98 Å². The van der Waals surface area contributed by atoms with Crippen molar-refractivity contribution in [1.29, 1.82) is 0 Å². The van der Waals surface area contributed by atoms with Crippen LogP contribution in [0.5, 0.6) is 0 Å². The highest BCUT2D eigenvalue weighted by Gasteiger charge is 1.96. The molecule has 3 nitrogen and oxygen atoms in total. The number of hydrogen-bond acceptors (Lipinski definition) is 3. The smallest absolute Gasteiger partial charge is 0.0859 e. The summed E-state index contributed by atoms with van der Waals surface area (Å²) < 4.78 is 0. The van der Waals surface area contributed by atoms with Crippen LogP contribution in [0.3, 0.4) is 0 Å². The number of rotatable bonds is 3. The van der Waals surface area contributed by atoms with Gasteiger partial charge in [0.05, 0.1) is 17.1 Å². The summed E-state index contributed by atoms with van der Waals surface area (Å²) in [5, 5.41) is 4.30. The van der Waals surface area contributed by atoms with Crippen LogP contribution in [0.2, 0.25) is 0 Å². The number of hydrazone groups is 1. The van der Waals surface area contributed by atoms with Gasteiger partial charge in [-0.1, -0.05) is 23.8 Å². The van der Waals surface area contributed by atoms with Crippen LogP contribution in [-0.2, 0) is 0 Å². The lowest BCUT2D eigenvalue weighted by Gasteiger charge is -2.03. The van der Waals surface area contributed by atoms with Gasteiger partial charge in [-0.3, -0.25) is 10.4 Å². The van der Waals surface area contributed by atoms with Crippen molar-refractivity contribution in [2.75, 3.05) is 5.43 Å². The summed E-state index contributed by atoms with van der Waals surface area (Å²) in [6.45, 7) is 4.00. The third-order valence-electron chi connectivity index (χ3n) is 2.44. The molecule has 1 aromatic heterocycles. The van der Waals surface area contributed by atoms with Crippen LogP contribution in [0, 0.1) is 6.92 Å². The summed E-state index contributed by atoms with van der Waals surface area (Å²) in [6, 6.07) is 13.9. The van der Waals surface area contributed by atoms with Crippen molar-refractivity contribution in [3.8, 4) is 0 Å². The van der Waals surface area contributed by atoms with Gasteiger partial charge in [-0.15, -0.1) is 0 Å². The first-order valence-electron chi connectivity index (χ1n) is 5.54. The average Bonchev–Trinajstić information content (AvgIpc) is 2.39. The summed E-state index contributed by atoms with van der Waals surface area (Å²) in [7, 11) is 0. The van der Waals surface area contributed by atoms with Gasteiger partial charge in [0, 0.05) is 6.20 Å². The molecule has 3 heteroatoms. The predicted molar refractivity (Wildman–Crippen MR) is 71.2 cm³/mol. The first-order chi connectivity index (χ1) is 8.25. The molecule has 1 aromatic carbocycles. The number of aromatic nitrogens is 1. The lowest BCUT2D eigenvalue weighted by molar-refractivity contribution is 1.25. The van der Waals surface area contributed by atoms with E-state index in [2.05, 4.69) is 22.4 Å². The summed E-state index contributed by atoms with van der Waals surface area (Å²) in [4.78, 5) is 4.23. The van der Waals surface area contributed by atoms with E-state index in [-0.39, 0.29) is 0 Å². The molecule has 0 aliphatic heterocycles. The second-order valence-electron chi connectivity index (χ2n) is 3.89. The van der Waals surface area contributed by atoms with Crippen LogP contribution in [0.1, 0.15) is 18.2 Å². The van der Waals surface area contributed by atoms with Crippen LogP contribution < -0.4 is 5.43 Å². The molecule has 0 spiro atoms. The van der Waals surface area contributed by atoms with Gasteiger partial charge in [-0.25, -0.2) is 0 Å². The first kappa shape index (κ1) is 11.3. The fourth-order valence-electron chi connectivity index (χ4n) is 1.41. The molecule has 0 aliphatic rings. The van der Waals surface area contributed by atoms with Crippen molar-refractivity contribution >= 4 is 11.4 Å². The Hall–Kier alpha value is -2.16. The Morgan fingerprint density at radius 2 is 1.88 bits per heavy atom. The molecule has 2 aromatic rings. The Bertz CT molecular complexity index is 501. The Balaban J connectivity index is 2.08. The minimum atomic E-state index is 0.867. The SMILES string of the molecule is C/C(=N\Nc1ccc(C)cc1)c1ccccn1. The average molecular weight is 225 g/mol. The lowest BCUT2D eigenvalue weighted by Crippen LogP contribution is -2.01. The summed E-state index contributed by atoms with van der Waals surface area (Å²) in [5.41, 5.74) is 6.98. The van der Waals surface area contributed by atoms with Crippen LogP contribution in [0.15, 0.2) is 53.8 Å². The summed E-state index contributed by atoms with van der Waals surface area (Å²) in [5.74, 6) is 0. The maximum Gasteiger partial charge on any atom is 0.0859 e. The second kappa shape index (κ2) is 5.25. The standard InChI is InChI=1S/C14H15N3/c1-11-6-8-13(9-7-11)17-16-12(2)14-5-3-4-10-15-14/h3-10,17H,1-2H3/b16-12+. The Labute approximate surface area is 101 Å². The topological polar surface area (TPSA) is 37.3 Å². The summed E-state index contributed by atoms with van der Waals surface area (Å²) >= 11 is 0. The van der Waals surface area contributed by atoms with Gasteiger partial charge in [0.25, 0.3) is 0 Å². The molecule has 2 rings (SSSR count). The lowest BCUT2D eigenvalue weighted by atomic mass is 10.2. The van der Waals surface area contributed by atoms with Gasteiger partial charge in [0.2, 0.25) is 0 Å². The molecule has 0 saturated carbocycles. The van der Waals surface area contributed by atoms with Crippen molar-refractivity contribution in [2.24, 2.45) is 5.10 Å². The maximum atomic E-state index is 4.30. The van der Waals surface area contributed by atoms with Crippen LogP contribution in [0.4, 0.5) is 5.69 Å². The highest BCUT2D eigenvalue weighted by Crippen LogP contribution is 2.08. The minimum absolute atomic E-state index is 0.867. The molecule has 1 heterocycles. The van der Waals surface area contributed by atoms with E-state index in [4.69, 9.17) is 0 Å². The largest absolute Gasteiger partial charge is 0.278 e. The van der Waals surface area contributed by atoms with Crippen LogP contribution in [-0.4, -0.2) is 10.7 Å². The minimum Gasteiger partial charge on any atom is -0.278 e. The van der Waals surface area contributed by atoms with Gasteiger partial charge in [0.1, 0.15) is 0 Å². The van der Waals surface area contributed by atoms with E-state index in [1.807, 2.05) is 49.4 Å². The molecule has 0 amide bonds. The zero-order valence-electron chi connectivity index (χ0n) is 10.0. The second-order valence-corrected chi connectivity index (χ2v) is 3.89. The number of pyridine rings is 1. The van der Waals surface area contributed by atoms with E-state index in [1.165, 1.54) is 5.56 Å². The molecular formula is C14H15N3. The molecule has 0 fully saturated rings. The van der Waals surface area contributed by atoms with E-state index in [9.17, 15) is 0 Å². The fourth-order valence-corrected chi connectivity index (χ4v) is 1.41. The molecule has 86 valence electrons. The van der Waals surface area contributed by atoms with E-state index in [0.717, 1.165) is 17.1 Å². The van der Waals surface area contributed by atoms with Gasteiger partial charge >= 0.3 is 0 Å². The summed E-state index contributed by atoms with van der Waals surface area (Å²) in [6.07, 6.45) is 1.76. The molecule has 0 radical (unpaired) electrons. The number of anilines is 1. The van der Waals surface area contributed by atoms with Crippen molar-refractivity contribution in [2.45, 2.75) is 13.8 Å². The third-order valence-corrected chi connectivity index (χ3v) is 2.44. The van der Waals surface area contributed by atoms with E-state index >= 15 is 0 Å². The Morgan fingerprint density at radius 1 is 1.12 bits per heavy atom. The quantitative estimate of drug-likeness (QED) is 0.643. The fraction of sp³-hybridized carbons (Fsp3) is 0.143. The van der Waals surface area contributed by atoms with E-state index in [1.54, 1.807) is 6.20 Å². The normalized spacial score (nSPS) is 11.3. The highest BCUT2D eigenvalue weighted by molar-refractivity contribution is 5.97. The number of nitrogens with one attached hydrogen (secondary N) is 1. The van der Waals surface area contributed by atoms with Gasteiger partial charge < -0.3 is 0 Å². The highest BCUT2D eigenvalue weighted by atomic mass is 15.3. The molecule has 0 atom stereocenters. The Kier molecular flexibility index (Phi) is 3.50. The van der Waals surface area contributed by atoms with E-state index < -0.39 is 0 Å². The molecule has 0 bridgehead atoms. The van der Waals surface area contributed by atoms with Crippen molar-refractivity contribution < 1.29 is 0 Å². The van der Waals surface area contributed by atoms with Crippen LogP contribution >= 0.6 is 0 Å². The zero-order valence-corrected chi connectivity index (χ0v) is 10.0. The molecule has 0 unspecified atom stereocenters. The number of aryl methyl sites for hydroxylation is 1. The maximum absolute atomic E-state index is 4.30. The third kappa shape index (κ3) is 3.14. The molecule has 0 saturated heterocycles. The molecule has 1 N–H and O–H groups in total. The first-order valence-corrected chi connectivity index (χ1v) is 5.54.